The number of halogens is 5. The van der Waals surface area contributed by atoms with Crippen LogP contribution < -0.4 is 15.8 Å². The first-order valence-corrected chi connectivity index (χ1v) is 9.67. The number of nitrogens with one attached hydrogen (secondary N) is 1. The standard InChI is InChI=1S/C21H21F5N4O3/c1-19(2)21(25,26)20(3,33-18(27)30-19)13-8-11(4-6-14(13)22)29-17(31)15-7-5-12(9-28-15)32-10-16(23)24/h4-9,16H,10H2,1-3H3,(H2,27,30)(H,29,31)/t20-/m1/s1. The van der Waals surface area contributed by atoms with Crippen molar-refractivity contribution in [1.29, 1.82) is 0 Å². The topological polar surface area (TPSA) is 98.8 Å². The van der Waals surface area contributed by atoms with E-state index in [0.717, 1.165) is 39.1 Å². The lowest BCUT2D eigenvalue weighted by Crippen LogP contribution is -2.62. The van der Waals surface area contributed by atoms with Crippen molar-refractivity contribution in [2.45, 2.75) is 44.3 Å². The van der Waals surface area contributed by atoms with Crippen molar-refractivity contribution in [2.24, 2.45) is 10.7 Å². The molecule has 3 rings (SSSR count). The number of pyridine rings is 1. The number of amides is 1. The molecule has 0 fully saturated rings. The predicted molar refractivity (Wildman–Crippen MR) is 109 cm³/mol. The minimum absolute atomic E-state index is 0.0178. The van der Waals surface area contributed by atoms with E-state index in [0.29, 0.717) is 0 Å². The molecule has 0 aliphatic carbocycles. The van der Waals surface area contributed by atoms with Crippen molar-refractivity contribution in [2.75, 3.05) is 11.9 Å². The van der Waals surface area contributed by atoms with E-state index >= 15 is 8.78 Å². The second kappa shape index (κ2) is 8.49. The molecule has 3 N–H and O–H groups in total. The summed E-state index contributed by atoms with van der Waals surface area (Å²) in [7, 11) is 0. The van der Waals surface area contributed by atoms with E-state index in [4.69, 9.17) is 15.2 Å². The Balaban J connectivity index is 1.86. The third-order valence-electron chi connectivity index (χ3n) is 5.15. The largest absolute Gasteiger partial charge is 0.486 e. The average molecular weight is 472 g/mol. The fourth-order valence-corrected chi connectivity index (χ4v) is 3.37. The van der Waals surface area contributed by atoms with Gasteiger partial charge in [0.05, 0.1) is 6.20 Å². The van der Waals surface area contributed by atoms with Gasteiger partial charge in [-0.25, -0.2) is 23.1 Å². The van der Waals surface area contributed by atoms with Crippen LogP contribution in [0.15, 0.2) is 41.5 Å². The Hall–Kier alpha value is -3.44. The molecular weight excluding hydrogens is 451 g/mol. The lowest BCUT2D eigenvalue weighted by Gasteiger charge is -2.47. The van der Waals surface area contributed by atoms with E-state index in [9.17, 15) is 18.0 Å². The highest BCUT2D eigenvalue weighted by Crippen LogP contribution is 2.51. The highest BCUT2D eigenvalue weighted by atomic mass is 19.3. The number of rotatable bonds is 6. The molecule has 0 spiro atoms. The quantitative estimate of drug-likeness (QED) is 0.617. The number of hydrogen-bond donors (Lipinski definition) is 2. The number of nitrogens with two attached hydrogens (primary N) is 1. The van der Waals surface area contributed by atoms with Gasteiger partial charge < -0.3 is 20.5 Å². The molecule has 33 heavy (non-hydrogen) atoms. The second-order valence-corrected chi connectivity index (χ2v) is 7.95. The number of alkyl halides is 4. The van der Waals surface area contributed by atoms with Gasteiger partial charge in [-0.05, 0) is 51.1 Å². The molecule has 1 atom stereocenters. The predicted octanol–water partition coefficient (Wildman–Crippen LogP) is 4.09. The monoisotopic (exact) mass is 472 g/mol. The molecular formula is C21H21F5N4O3. The molecule has 0 bridgehead atoms. The smallest absolute Gasteiger partial charge is 0.315 e. The molecule has 0 saturated carbocycles. The highest BCUT2D eigenvalue weighted by Gasteiger charge is 2.66. The van der Waals surface area contributed by atoms with Crippen molar-refractivity contribution in [3.05, 3.63) is 53.6 Å². The van der Waals surface area contributed by atoms with Crippen molar-refractivity contribution in [3.63, 3.8) is 0 Å². The van der Waals surface area contributed by atoms with Gasteiger partial charge in [0.1, 0.15) is 29.4 Å². The van der Waals surface area contributed by atoms with Crippen LogP contribution in [0.25, 0.3) is 0 Å². The molecule has 1 aromatic heterocycles. The summed E-state index contributed by atoms with van der Waals surface area (Å²) < 4.78 is 79.5. The number of nitrogens with zero attached hydrogens (tertiary/aromatic N) is 2. The van der Waals surface area contributed by atoms with E-state index in [-0.39, 0.29) is 17.1 Å². The normalized spacial score (nSPS) is 21.2. The SMILES string of the molecule is CC1(C)N=C(N)O[C@](C)(c2cc(NC(=O)c3ccc(OCC(F)F)cn3)ccc2F)C1(F)F. The third-order valence-corrected chi connectivity index (χ3v) is 5.15. The summed E-state index contributed by atoms with van der Waals surface area (Å²) in [5.41, 5.74) is 0.394. The Morgan fingerprint density at radius 3 is 2.52 bits per heavy atom. The van der Waals surface area contributed by atoms with Gasteiger partial charge in [-0.3, -0.25) is 4.79 Å². The van der Waals surface area contributed by atoms with Crippen molar-refractivity contribution in [3.8, 4) is 5.75 Å². The Morgan fingerprint density at radius 2 is 1.91 bits per heavy atom. The van der Waals surface area contributed by atoms with Crippen LogP contribution in [0.4, 0.5) is 27.6 Å². The summed E-state index contributed by atoms with van der Waals surface area (Å²) in [4.78, 5) is 19.9. The molecule has 1 amide bonds. The summed E-state index contributed by atoms with van der Waals surface area (Å²) in [5, 5.41) is 2.42. The first-order valence-electron chi connectivity index (χ1n) is 9.67. The van der Waals surface area contributed by atoms with Gasteiger partial charge in [0.15, 0.2) is 0 Å². The molecule has 2 heterocycles. The number of aromatic nitrogens is 1. The fraction of sp³-hybridized carbons (Fsp3) is 0.381. The van der Waals surface area contributed by atoms with Crippen molar-refractivity contribution < 1.29 is 36.2 Å². The maximum Gasteiger partial charge on any atom is 0.315 e. The molecule has 12 heteroatoms. The molecule has 0 radical (unpaired) electrons. The summed E-state index contributed by atoms with van der Waals surface area (Å²) in [6.45, 7) is 2.44. The lowest BCUT2D eigenvalue weighted by molar-refractivity contribution is -0.215. The summed E-state index contributed by atoms with van der Waals surface area (Å²) >= 11 is 0. The van der Waals surface area contributed by atoms with Gasteiger partial charge in [0.25, 0.3) is 18.4 Å². The van der Waals surface area contributed by atoms with E-state index < -0.39 is 53.4 Å². The summed E-state index contributed by atoms with van der Waals surface area (Å²) in [6, 6.07) is 5.04. The molecule has 1 aliphatic heterocycles. The molecule has 178 valence electrons. The molecule has 1 aliphatic rings. The Labute approximate surface area is 185 Å². The van der Waals surface area contributed by atoms with Gasteiger partial charge in [0.2, 0.25) is 5.60 Å². The first-order chi connectivity index (χ1) is 15.3. The second-order valence-electron chi connectivity index (χ2n) is 7.95. The van der Waals surface area contributed by atoms with Gasteiger partial charge in [-0.15, -0.1) is 0 Å². The number of carbonyl (C=O) groups excluding carboxylic acids is 1. The number of anilines is 1. The molecule has 1 aromatic carbocycles. The number of benzene rings is 1. The number of amidine groups is 1. The van der Waals surface area contributed by atoms with Crippen LogP contribution in [-0.2, 0) is 10.3 Å². The van der Waals surface area contributed by atoms with E-state index in [1.807, 2.05) is 0 Å². The summed E-state index contributed by atoms with van der Waals surface area (Å²) in [6.07, 6.45) is -1.59. The fourth-order valence-electron chi connectivity index (χ4n) is 3.37. The van der Waals surface area contributed by atoms with E-state index in [1.54, 1.807) is 0 Å². The highest BCUT2D eigenvalue weighted by molar-refractivity contribution is 6.02. The van der Waals surface area contributed by atoms with E-state index in [2.05, 4.69) is 15.3 Å². The van der Waals surface area contributed by atoms with Gasteiger partial charge in [-0.2, -0.15) is 8.78 Å². The molecule has 7 nitrogen and oxygen atoms in total. The Bertz CT molecular complexity index is 1080. The Morgan fingerprint density at radius 1 is 1.21 bits per heavy atom. The molecule has 0 saturated heterocycles. The maximum absolute atomic E-state index is 15.3. The molecule has 0 unspecified atom stereocenters. The number of aliphatic imine (C=N–C) groups is 1. The van der Waals surface area contributed by atoms with Crippen LogP contribution >= 0.6 is 0 Å². The minimum atomic E-state index is -3.68. The zero-order chi connectivity index (χ0) is 24.6. The maximum atomic E-state index is 15.3. The van der Waals surface area contributed by atoms with Gasteiger partial charge >= 0.3 is 5.92 Å². The van der Waals surface area contributed by atoms with Crippen LogP contribution in [0.3, 0.4) is 0 Å². The van der Waals surface area contributed by atoms with Gasteiger partial charge in [0, 0.05) is 11.3 Å². The first kappa shape index (κ1) is 24.2. The van der Waals surface area contributed by atoms with Crippen LogP contribution in [0.5, 0.6) is 5.75 Å². The lowest BCUT2D eigenvalue weighted by atomic mass is 9.78. The van der Waals surface area contributed by atoms with Gasteiger partial charge in [-0.1, -0.05) is 0 Å². The molecule has 2 aromatic rings. The number of carbonyl (C=O) groups is 1. The van der Waals surface area contributed by atoms with E-state index in [1.165, 1.54) is 18.2 Å². The van der Waals surface area contributed by atoms with Crippen LogP contribution in [0.2, 0.25) is 0 Å². The van der Waals surface area contributed by atoms with Crippen LogP contribution in [0, 0.1) is 5.82 Å². The zero-order valence-corrected chi connectivity index (χ0v) is 17.8. The minimum Gasteiger partial charge on any atom is -0.486 e. The number of hydrogen-bond acceptors (Lipinski definition) is 6. The third kappa shape index (κ3) is 4.55. The van der Waals surface area contributed by atoms with Crippen LogP contribution in [-0.4, -0.2) is 41.4 Å². The Kier molecular flexibility index (Phi) is 6.22. The number of ether oxygens (including phenoxy) is 2. The van der Waals surface area contributed by atoms with Crippen molar-refractivity contribution in [1.82, 2.24) is 4.98 Å². The van der Waals surface area contributed by atoms with Crippen LogP contribution in [0.1, 0.15) is 36.8 Å². The van der Waals surface area contributed by atoms with Crippen molar-refractivity contribution >= 4 is 17.6 Å². The average Bonchev–Trinajstić information content (AvgIpc) is 2.72. The summed E-state index contributed by atoms with van der Waals surface area (Å²) in [5.74, 6) is -5.40. The zero-order valence-electron chi connectivity index (χ0n) is 17.8.